The van der Waals surface area contributed by atoms with E-state index in [9.17, 15) is 5.11 Å². The fraction of sp³-hybridized carbons (Fsp3) is 1.00. The molecule has 0 rings (SSSR count). The van der Waals surface area contributed by atoms with E-state index in [1.807, 2.05) is 6.92 Å². The summed E-state index contributed by atoms with van der Waals surface area (Å²) in [6.45, 7) is 3.99. The number of aliphatic hydroxyl groups is 2. The highest BCUT2D eigenvalue weighted by atomic mass is 16.3. The molecule has 0 aliphatic rings. The number of rotatable bonds is 13. The molecule has 0 aromatic carbocycles. The Bertz CT molecular complexity index is 157. The van der Waals surface area contributed by atoms with Crippen LogP contribution in [-0.4, -0.2) is 22.4 Å². The molecule has 0 saturated heterocycles. The van der Waals surface area contributed by atoms with Crippen molar-refractivity contribution in [2.45, 2.75) is 103 Å². The van der Waals surface area contributed by atoms with E-state index in [-0.39, 0.29) is 12.2 Å². The Hall–Kier alpha value is -0.0800. The predicted octanol–water partition coefficient (Wildman–Crippen LogP) is 4.43. The summed E-state index contributed by atoms with van der Waals surface area (Å²) in [5, 5.41) is 18.7. The summed E-state index contributed by atoms with van der Waals surface area (Å²) in [5.74, 6) is 0. The Morgan fingerprint density at radius 2 is 1.11 bits per heavy atom. The topological polar surface area (TPSA) is 40.5 Å². The molecule has 0 fully saturated rings. The molecular formula is C16H34O2. The molecule has 0 aromatic heterocycles. The summed E-state index contributed by atoms with van der Waals surface area (Å²) in [4.78, 5) is 0. The third-order valence-electron chi connectivity index (χ3n) is 3.53. The maximum absolute atomic E-state index is 9.57. The normalized spacial score (nSPS) is 14.7. The molecule has 0 aromatic rings. The zero-order valence-corrected chi connectivity index (χ0v) is 12.5. The second-order valence-corrected chi connectivity index (χ2v) is 5.70. The highest BCUT2D eigenvalue weighted by molar-refractivity contribution is 4.55. The average Bonchev–Trinajstić information content (AvgIpc) is 2.31. The van der Waals surface area contributed by atoms with Crippen molar-refractivity contribution in [2.24, 2.45) is 0 Å². The molecule has 18 heavy (non-hydrogen) atoms. The molecule has 2 atom stereocenters. The minimum absolute atomic E-state index is 0.0597. The molecular weight excluding hydrogens is 224 g/mol. The first-order valence-corrected chi connectivity index (χ1v) is 8.03. The van der Waals surface area contributed by atoms with Gasteiger partial charge in [-0.05, 0) is 26.2 Å². The summed E-state index contributed by atoms with van der Waals surface area (Å²) in [6, 6.07) is 0. The lowest BCUT2D eigenvalue weighted by Crippen LogP contribution is -2.04. The first-order chi connectivity index (χ1) is 8.66. The highest BCUT2D eigenvalue weighted by Crippen LogP contribution is 2.13. The largest absolute Gasteiger partial charge is 0.393 e. The summed E-state index contributed by atoms with van der Waals surface area (Å²) in [6.07, 6.45) is 14.0. The Kier molecular flexibility index (Phi) is 13.3. The highest BCUT2D eigenvalue weighted by Gasteiger charge is 2.01. The van der Waals surface area contributed by atoms with Crippen molar-refractivity contribution < 1.29 is 10.2 Å². The zero-order valence-electron chi connectivity index (χ0n) is 12.5. The van der Waals surface area contributed by atoms with Crippen molar-refractivity contribution in [3.8, 4) is 0 Å². The molecule has 0 amide bonds. The molecule has 2 N–H and O–H groups in total. The van der Waals surface area contributed by atoms with E-state index in [0.29, 0.717) is 0 Å². The molecule has 0 aliphatic carbocycles. The quantitative estimate of drug-likeness (QED) is 0.480. The van der Waals surface area contributed by atoms with E-state index in [4.69, 9.17) is 5.11 Å². The van der Waals surface area contributed by atoms with E-state index in [0.717, 1.165) is 25.7 Å². The number of aliphatic hydroxyl groups excluding tert-OH is 2. The summed E-state index contributed by atoms with van der Waals surface area (Å²) >= 11 is 0. The van der Waals surface area contributed by atoms with Gasteiger partial charge < -0.3 is 10.2 Å². The Balaban J connectivity index is 3.03. The first-order valence-electron chi connectivity index (χ1n) is 8.03. The lowest BCUT2D eigenvalue weighted by Gasteiger charge is -2.08. The maximum atomic E-state index is 9.57. The molecule has 0 aliphatic heterocycles. The molecule has 0 saturated carbocycles. The van der Waals surface area contributed by atoms with Gasteiger partial charge in [0.1, 0.15) is 0 Å². The Morgan fingerprint density at radius 3 is 1.56 bits per heavy atom. The Labute approximate surface area is 114 Å². The summed E-state index contributed by atoms with van der Waals surface area (Å²) < 4.78 is 0. The summed E-state index contributed by atoms with van der Waals surface area (Å²) in [7, 11) is 0. The molecule has 2 unspecified atom stereocenters. The molecule has 0 heterocycles. The van der Waals surface area contributed by atoms with Crippen LogP contribution in [0.3, 0.4) is 0 Å². The van der Waals surface area contributed by atoms with Crippen molar-refractivity contribution in [2.75, 3.05) is 0 Å². The standard InChI is InChI=1S/C16H34O2/c1-3-12-16(18)14-11-9-7-5-4-6-8-10-13-15(2)17/h15-18H,3-14H2,1-2H3. The Morgan fingerprint density at radius 1 is 0.667 bits per heavy atom. The van der Waals surface area contributed by atoms with Gasteiger partial charge in [-0.1, -0.05) is 64.7 Å². The molecule has 2 heteroatoms. The molecule has 2 nitrogen and oxygen atoms in total. The van der Waals surface area contributed by atoms with E-state index in [2.05, 4.69) is 6.92 Å². The average molecular weight is 258 g/mol. The second kappa shape index (κ2) is 13.4. The van der Waals surface area contributed by atoms with Crippen LogP contribution in [-0.2, 0) is 0 Å². The molecule has 110 valence electrons. The van der Waals surface area contributed by atoms with Gasteiger partial charge in [-0.2, -0.15) is 0 Å². The lowest BCUT2D eigenvalue weighted by molar-refractivity contribution is 0.150. The summed E-state index contributed by atoms with van der Waals surface area (Å²) in [5.41, 5.74) is 0. The van der Waals surface area contributed by atoms with Crippen molar-refractivity contribution in [1.82, 2.24) is 0 Å². The van der Waals surface area contributed by atoms with Crippen LogP contribution in [0.2, 0.25) is 0 Å². The van der Waals surface area contributed by atoms with Crippen LogP contribution in [0.25, 0.3) is 0 Å². The monoisotopic (exact) mass is 258 g/mol. The number of unbranched alkanes of at least 4 members (excludes halogenated alkanes) is 7. The van der Waals surface area contributed by atoms with Gasteiger partial charge in [0.2, 0.25) is 0 Å². The maximum Gasteiger partial charge on any atom is 0.0540 e. The first kappa shape index (κ1) is 17.9. The van der Waals surface area contributed by atoms with Gasteiger partial charge in [-0.3, -0.25) is 0 Å². The van der Waals surface area contributed by atoms with E-state index < -0.39 is 0 Å². The van der Waals surface area contributed by atoms with Crippen LogP contribution in [0.1, 0.15) is 90.9 Å². The molecule has 0 spiro atoms. The van der Waals surface area contributed by atoms with Crippen molar-refractivity contribution in [3.05, 3.63) is 0 Å². The van der Waals surface area contributed by atoms with Crippen LogP contribution < -0.4 is 0 Å². The van der Waals surface area contributed by atoms with Gasteiger partial charge in [0.05, 0.1) is 12.2 Å². The van der Waals surface area contributed by atoms with E-state index >= 15 is 0 Å². The number of hydrogen-bond acceptors (Lipinski definition) is 2. The van der Waals surface area contributed by atoms with Gasteiger partial charge in [0.15, 0.2) is 0 Å². The van der Waals surface area contributed by atoms with Crippen LogP contribution in [0.15, 0.2) is 0 Å². The third kappa shape index (κ3) is 14.0. The van der Waals surface area contributed by atoms with Gasteiger partial charge >= 0.3 is 0 Å². The van der Waals surface area contributed by atoms with Crippen LogP contribution >= 0.6 is 0 Å². The zero-order chi connectivity index (χ0) is 13.6. The van der Waals surface area contributed by atoms with Gasteiger partial charge in [-0.15, -0.1) is 0 Å². The van der Waals surface area contributed by atoms with Gasteiger partial charge in [-0.25, -0.2) is 0 Å². The van der Waals surface area contributed by atoms with Crippen LogP contribution in [0.5, 0.6) is 0 Å². The van der Waals surface area contributed by atoms with E-state index in [1.54, 1.807) is 0 Å². The van der Waals surface area contributed by atoms with Crippen LogP contribution in [0, 0.1) is 0 Å². The predicted molar refractivity (Wildman–Crippen MR) is 78.8 cm³/mol. The van der Waals surface area contributed by atoms with Crippen molar-refractivity contribution in [3.63, 3.8) is 0 Å². The van der Waals surface area contributed by atoms with Crippen LogP contribution in [0.4, 0.5) is 0 Å². The minimum atomic E-state index is -0.125. The fourth-order valence-electron chi connectivity index (χ4n) is 2.36. The van der Waals surface area contributed by atoms with E-state index in [1.165, 1.54) is 51.4 Å². The SMILES string of the molecule is CCCC(O)CCCCCCCCCCC(C)O. The minimum Gasteiger partial charge on any atom is -0.393 e. The van der Waals surface area contributed by atoms with Crippen molar-refractivity contribution >= 4 is 0 Å². The fourth-order valence-corrected chi connectivity index (χ4v) is 2.36. The number of hydrogen-bond donors (Lipinski definition) is 2. The smallest absolute Gasteiger partial charge is 0.0540 e. The second-order valence-electron chi connectivity index (χ2n) is 5.70. The molecule has 0 bridgehead atoms. The third-order valence-corrected chi connectivity index (χ3v) is 3.53. The van der Waals surface area contributed by atoms with Gasteiger partial charge in [0, 0.05) is 0 Å². The lowest BCUT2D eigenvalue weighted by atomic mass is 10.0. The van der Waals surface area contributed by atoms with Crippen molar-refractivity contribution in [1.29, 1.82) is 0 Å². The molecule has 0 radical (unpaired) electrons. The van der Waals surface area contributed by atoms with Gasteiger partial charge in [0.25, 0.3) is 0 Å².